The first-order valence-electron chi connectivity index (χ1n) is 10.9. The molecule has 0 fully saturated rings. The molecule has 0 radical (unpaired) electrons. The van der Waals surface area contributed by atoms with Gasteiger partial charge in [-0.05, 0) is 73.7 Å². The lowest BCUT2D eigenvalue weighted by atomic mass is 10.0. The van der Waals surface area contributed by atoms with Gasteiger partial charge in [-0.15, -0.1) is 0 Å². The van der Waals surface area contributed by atoms with Gasteiger partial charge in [0.1, 0.15) is 0 Å². The Kier molecular flexibility index (Phi) is 5.70. The molecule has 4 aromatic rings. The molecule has 0 aliphatic carbocycles. The van der Waals surface area contributed by atoms with Crippen LogP contribution < -0.4 is 14.9 Å². The minimum absolute atomic E-state index is 0.0479. The summed E-state index contributed by atoms with van der Waals surface area (Å²) in [6.07, 6.45) is 0. The van der Waals surface area contributed by atoms with Crippen LogP contribution in [-0.2, 0) is 10.0 Å². The van der Waals surface area contributed by atoms with E-state index in [2.05, 4.69) is 10.0 Å². The molecule has 0 bridgehead atoms. The van der Waals surface area contributed by atoms with Crippen molar-refractivity contribution in [3.05, 3.63) is 95.0 Å². The summed E-state index contributed by atoms with van der Waals surface area (Å²) in [5.74, 6) is -0.400. The highest BCUT2D eigenvalue weighted by molar-refractivity contribution is 7.92. The number of hydrogen-bond acceptors (Lipinski definition) is 4. The fraction of sp³-hybridized carbons (Fsp3) is 0.0769. The van der Waals surface area contributed by atoms with Crippen molar-refractivity contribution >= 4 is 61.3 Å². The smallest absolute Gasteiger partial charge is 0.261 e. The summed E-state index contributed by atoms with van der Waals surface area (Å²) in [4.78, 5) is 27.4. The Labute approximate surface area is 207 Å². The average Bonchev–Trinajstić information content (AvgIpc) is 3.13. The molecular formula is C26H20ClN3O4S. The normalized spacial score (nSPS) is 12.7. The van der Waals surface area contributed by atoms with Gasteiger partial charge in [-0.1, -0.05) is 23.7 Å². The van der Waals surface area contributed by atoms with E-state index in [9.17, 15) is 18.0 Å². The fourth-order valence-corrected chi connectivity index (χ4v) is 5.37. The lowest BCUT2D eigenvalue weighted by Gasteiger charge is -2.15. The highest BCUT2D eigenvalue weighted by Gasteiger charge is 2.29. The number of amides is 2. The summed E-state index contributed by atoms with van der Waals surface area (Å²) in [6.45, 7) is 2.48. The van der Waals surface area contributed by atoms with Gasteiger partial charge >= 0.3 is 0 Å². The maximum Gasteiger partial charge on any atom is 0.261 e. The number of halogens is 1. The first kappa shape index (κ1) is 22.9. The third kappa shape index (κ3) is 4.11. The molecule has 7 nitrogen and oxygen atoms in total. The van der Waals surface area contributed by atoms with Crippen LogP contribution in [0.4, 0.5) is 17.1 Å². The molecule has 0 saturated heterocycles. The number of benzene rings is 4. The van der Waals surface area contributed by atoms with Crippen molar-refractivity contribution in [2.24, 2.45) is 0 Å². The summed E-state index contributed by atoms with van der Waals surface area (Å²) >= 11 is 5.83. The van der Waals surface area contributed by atoms with Crippen LogP contribution in [0.5, 0.6) is 0 Å². The van der Waals surface area contributed by atoms with Gasteiger partial charge in [0.05, 0.1) is 10.6 Å². The molecule has 176 valence electrons. The second kappa shape index (κ2) is 8.72. The van der Waals surface area contributed by atoms with E-state index in [1.807, 2.05) is 19.1 Å². The number of nitrogens with zero attached hydrogens (tertiary/aromatic N) is 1. The van der Waals surface area contributed by atoms with Crippen molar-refractivity contribution in [1.29, 1.82) is 0 Å². The van der Waals surface area contributed by atoms with Gasteiger partial charge in [-0.25, -0.2) is 8.42 Å². The molecule has 2 N–H and O–H groups in total. The number of rotatable bonds is 6. The molecule has 1 aliphatic rings. The Morgan fingerprint density at radius 2 is 1.66 bits per heavy atom. The van der Waals surface area contributed by atoms with Crippen LogP contribution >= 0.6 is 11.6 Å². The maximum atomic E-state index is 12.9. The van der Waals surface area contributed by atoms with Crippen LogP contribution in [0.15, 0.2) is 83.8 Å². The van der Waals surface area contributed by atoms with Crippen molar-refractivity contribution < 1.29 is 18.0 Å². The molecule has 0 atom stereocenters. The first-order valence-corrected chi connectivity index (χ1v) is 12.7. The van der Waals surface area contributed by atoms with E-state index in [1.165, 1.54) is 48.5 Å². The molecule has 4 aromatic carbocycles. The Morgan fingerprint density at radius 3 is 2.34 bits per heavy atom. The van der Waals surface area contributed by atoms with Crippen LogP contribution in [0, 0.1) is 0 Å². The van der Waals surface area contributed by atoms with Crippen molar-refractivity contribution in [3.63, 3.8) is 0 Å². The van der Waals surface area contributed by atoms with Gasteiger partial charge in [-0.2, -0.15) is 0 Å². The van der Waals surface area contributed by atoms with Crippen LogP contribution in [0.1, 0.15) is 27.6 Å². The number of hydrogen-bond donors (Lipinski definition) is 2. The summed E-state index contributed by atoms with van der Waals surface area (Å²) in [5, 5.41) is 4.95. The number of anilines is 3. The van der Waals surface area contributed by atoms with Gasteiger partial charge in [-0.3, -0.25) is 14.3 Å². The molecule has 1 heterocycles. The minimum Gasteiger partial charge on any atom is -0.321 e. The topological polar surface area (TPSA) is 95.6 Å². The van der Waals surface area contributed by atoms with E-state index in [4.69, 9.17) is 11.6 Å². The van der Waals surface area contributed by atoms with E-state index < -0.39 is 10.0 Å². The molecule has 0 spiro atoms. The lowest BCUT2D eigenvalue weighted by Crippen LogP contribution is -2.25. The van der Waals surface area contributed by atoms with E-state index in [1.54, 1.807) is 23.1 Å². The molecule has 0 aromatic heterocycles. The Balaban J connectivity index is 1.37. The molecule has 1 aliphatic heterocycles. The second-order valence-electron chi connectivity index (χ2n) is 8.00. The zero-order chi connectivity index (χ0) is 24.7. The largest absolute Gasteiger partial charge is 0.321 e. The molecule has 2 amide bonds. The van der Waals surface area contributed by atoms with Gasteiger partial charge < -0.3 is 10.2 Å². The monoisotopic (exact) mass is 505 g/mol. The zero-order valence-corrected chi connectivity index (χ0v) is 20.2. The molecule has 35 heavy (non-hydrogen) atoms. The number of carbonyl (C=O) groups is 2. The van der Waals surface area contributed by atoms with E-state index in [0.29, 0.717) is 34.1 Å². The van der Waals surface area contributed by atoms with Crippen LogP contribution in [0.25, 0.3) is 10.8 Å². The minimum atomic E-state index is -3.79. The Morgan fingerprint density at radius 1 is 0.943 bits per heavy atom. The van der Waals surface area contributed by atoms with Crippen LogP contribution in [0.2, 0.25) is 5.02 Å². The van der Waals surface area contributed by atoms with E-state index in [0.717, 1.165) is 16.5 Å². The molecule has 9 heteroatoms. The second-order valence-corrected chi connectivity index (χ2v) is 10.1. The SMILES string of the molecule is CCN1C(=O)c2cccc3c(NC(=O)c4ccc(NS(=O)(=O)c5ccc(Cl)cc5)cc4)ccc1c23. The first-order chi connectivity index (χ1) is 16.8. The third-order valence-electron chi connectivity index (χ3n) is 5.87. The Hall–Kier alpha value is -3.88. The maximum absolute atomic E-state index is 12.9. The lowest BCUT2D eigenvalue weighted by molar-refractivity contribution is 0.0992. The summed E-state index contributed by atoms with van der Waals surface area (Å²) in [5.41, 5.74) is 2.72. The number of nitrogens with one attached hydrogen (secondary N) is 2. The van der Waals surface area contributed by atoms with Crippen molar-refractivity contribution in [2.45, 2.75) is 11.8 Å². The predicted octanol–water partition coefficient (Wildman–Crippen LogP) is 5.53. The average molecular weight is 506 g/mol. The Bertz CT molecular complexity index is 1580. The van der Waals surface area contributed by atoms with Crippen molar-refractivity contribution in [2.75, 3.05) is 21.5 Å². The molecular weight excluding hydrogens is 486 g/mol. The van der Waals surface area contributed by atoms with Gasteiger partial charge in [0.2, 0.25) is 0 Å². The van der Waals surface area contributed by atoms with Crippen molar-refractivity contribution in [1.82, 2.24) is 0 Å². The standard InChI is InChI=1S/C26H20ClN3O4S/c1-2-30-23-15-14-22(20-4-3-5-21(24(20)23)26(30)32)28-25(31)16-6-10-18(11-7-16)29-35(33,34)19-12-8-17(27)9-13-19/h3-15,29H,2H2,1H3,(H,28,31). The number of sulfonamides is 1. The number of carbonyl (C=O) groups excluding carboxylic acids is 2. The fourth-order valence-electron chi connectivity index (χ4n) is 4.18. The van der Waals surface area contributed by atoms with E-state index >= 15 is 0 Å². The van der Waals surface area contributed by atoms with Crippen LogP contribution in [0.3, 0.4) is 0 Å². The van der Waals surface area contributed by atoms with E-state index in [-0.39, 0.29) is 16.7 Å². The predicted molar refractivity (Wildman–Crippen MR) is 138 cm³/mol. The summed E-state index contributed by atoms with van der Waals surface area (Å²) in [7, 11) is -3.79. The highest BCUT2D eigenvalue weighted by Crippen LogP contribution is 2.40. The van der Waals surface area contributed by atoms with Gasteiger partial charge in [0, 0.05) is 44.8 Å². The summed E-state index contributed by atoms with van der Waals surface area (Å²) in [6, 6.07) is 21.0. The van der Waals surface area contributed by atoms with Crippen molar-refractivity contribution in [3.8, 4) is 0 Å². The van der Waals surface area contributed by atoms with Crippen LogP contribution in [-0.4, -0.2) is 26.8 Å². The van der Waals surface area contributed by atoms with Gasteiger partial charge in [0.15, 0.2) is 0 Å². The molecule has 0 saturated carbocycles. The van der Waals surface area contributed by atoms with Gasteiger partial charge in [0.25, 0.3) is 21.8 Å². The molecule has 0 unspecified atom stereocenters. The highest BCUT2D eigenvalue weighted by atomic mass is 35.5. The zero-order valence-electron chi connectivity index (χ0n) is 18.6. The quantitative estimate of drug-likeness (QED) is 0.360. The molecule has 5 rings (SSSR count). The summed E-state index contributed by atoms with van der Waals surface area (Å²) < 4.78 is 27.6. The third-order valence-corrected chi connectivity index (χ3v) is 7.52.